The van der Waals surface area contributed by atoms with Crippen molar-refractivity contribution in [1.29, 1.82) is 0 Å². The average molecular weight is 400 g/mol. The zero-order valence-electron chi connectivity index (χ0n) is 15.0. The summed E-state index contributed by atoms with van der Waals surface area (Å²) in [6, 6.07) is 3.60. The Hall–Kier alpha value is -1.97. The summed E-state index contributed by atoms with van der Waals surface area (Å²) < 4.78 is 26.3. The van der Waals surface area contributed by atoms with E-state index in [1.54, 1.807) is 36.3 Å². The predicted molar refractivity (Wildman–Crippen MR) is 101 cm³/mol. The highest BCUT2D eigenvalue weighted by molar-refractivity contribution is 7.89. The second-order valence-corrected chi connectivity index (χ2v) is 8.29. The molecule has 2 aromatic rings. The Labute approximate surface area is 158 Å². The van der Waals surface area contributed by atoms with E-state index in [4.69, 9.17) is 11.6 Å². The Kier molecular flexibility index (Phi) is 6.74. The van der Waals surface area contributed by atoms with Crippen LogP contribution in [0.15, 0.2) is 30.7 Å². The van der Waals surface area contributed by atoms with Crippen LogP contribution in [0.25, 0.3) is 5.69 Å². The van der Waals surface area contributed by atoms with E-state index in [2.05, 4.69) is 10.1 Å². The third-order valence-electron chi connectivity index (χ3n) is 3.95. The van der Waals surface area contributed by atoms with Crippen molar-refractivity contribution in [3.8, 4) is 5.69 Å². The normalized spacial score (nSPS) is 11.7. The summed E-state index contributed by atoms with van der Waals surface area (Å²) in [6.07, 6.45) is 5.00. The van der Waals surface area contributed by atoms with Crippen LogP contribution >= 0.6 is 11.6 Å². The summed E-state index contributed by atoms with van der Waals surface area (Å²) in [4.78, 5) is 18.1. The minimum absolute atomic E-state index is 0.00110. The number of halogens is 1. The molecule has 0 aliphatic carbocycles. The first-order valence-corrected chi connectivity index (χ1v) is 10.2. The van der Waals surface area contributed by atoms with Crippen LogP contribution in [0.3, 0.4) is 0 Å². The van der Waals surface area contributed by atoms with Crippen LogP contribution in [0.1, 0.15) is 20.3 Å². The number of nitrogens with zero attached hydrogens (tertiary/aromatic N) is 5. The molecular formula is C16H22ClN5O3S. The molecule has 0 aromatic carbocycles. The van der Waals surface area contributed by atoms with Crippen LogP contribution in [0.2, 0.25) is 5.15 Å². The number of carbonyl (C=O) groups is 1. The summed E-state index contributed by atoms with van der Waals surface area (Å²) in [5.74, 6) is -0.225. The minimum Gasteiger partial charge on any atom is -0.308 e. The topological polar surface area (TPSA) is 88.4 Å². The predicted octanol–water partition coefficient (Wildman–Crippen LogP) is 1.95. The fourth-order valence-electron chi connectivity index (χ4n) is 2.37. The molecule has 1 amide bonds. The van der Waals surface area contributed by atoms with E-state index >= 15 is 0 Å². The molecule has 10 heteroatoms. The van der Waals surface area contributed by atoms with E-state index < -0.39 is 10.0 Å². The van der Waals surface area contributed by atoms with Crippen LogP contribution in [0.4, 0.5) is 5.69 Å². The first-order chi connectivity index (χ1) is 12.3. The first-order valence-electron chi connectivity index (χ1n) is 8.20. The summed E-state index contributed by atoms with van der Waals surface area (Å²) in [7, 11) is -1.85. The van der Waals surface area contributed by atoms with Gasteiger partial charge in [0.25, 0.3) is 0 Å². The van der Waals surface area contributed by atoms with Gasteiger partial charge >= 0.3 is 0 Å². The number of carbonyl (C=O) groups excluding carboxylic acids is 1. The van der Waals surface area contributed by atoms with Crippen molar-refractivity contribution in [1.82, 2.24) is 19.1 Å². The number of aromatic nitrogens is 3. The van der Waals surface area contributed by atoms with Gasteiger partial charge in [-0.15, -0.1) is 0 Å². The third-order valence-corrected chi connectivity index (χ3v) is 6.08. The second kappa shape index (κ2) is 8.61. The van der Waals surface area contributed by atoms with Gasteiger partial charge in [0, 0.05) is 32.8 Å². The highest BCUT2D eigenvalue weighted by Gasteiger charge is 2.22. The Balaban J connectivity index is 2.15. The van der Waals surface area contributed by atoms with Crippen LogP contribution in [-0.2, 0) is 14.8 Å². The summed E-state index contributed by atoms with van der Waals surface area (Å²) in [5, 5.41) is 4.41. The van der Waals surface area contributed by atoms with E-state index in [1.807, 2.05) is 13.0 Å². The molecule has 0 saturated carbocycles. The zero-order valence-corrected chi connectivity index (χ0v) is 16.5. The molecule has 0 fully saturated rings. The highest BCUT2D eigenvalue weighted by atomic mass is 35.5. The molecule has 0 aliphatic rings. The lowest BCUT2D eigenvalue weighted by Gasteiger charge is -2.21. The minimum atomic E-state index is -3.32. The van der Waals surface area contributed by atoms with Crippen molar-refractivity contribution < 1.29 is 13.2 Å². The number of pyridine rings is 1. The number of hydrogen-bond donors (Lipinski definition) is 0. The fourth-order valence-corrected chi connectivity index (χ4v) is 3.42. The van der Waals surface area contributed by atoms with Gasteiger partial charge in [0.05, 0.1) is 23.8 Å². The van der Waals surface area contributed by atoms with Crippen LogP contribution in [-0.4, -0.2) is 59.3 Å². The molecule has 0 N–H and O–H groups in total. The smallest absolute Gasteiger partial charge is 0.228 e. The van der Waals surface area contributed by atoms with Crippen LogP contribution in [0.5, 0.6) is 0 Å². The lowest BCUT2D eigenvalue weighted by atomic mass is 10.3. The van der Waals surface area contributed by atoms with Crippen molar-refractivity contribution in [3.05, 3.63) is 35.9 Å². The lowest BCUT2D eigenvalue weighted by molar-refractivity contribution is -0.118. The molecule has 0 radical (unpaired) electrons. The molecule has 142 valence electrons. The molecule has 0 saturated heterocycles. The maximum Gasteiger partial charge on any atom is 0.228 e. The SMILES string of the molecule is CCN(C(=O)CCN(C)S(=O)(=O)CC)c1cn(-c2cccnc2)nc1Cl. The molecular weight excluding hydrogens is 378 g/mol. The van der Waals surface area contributed by atoms with Crippen molar-refractivity contribution in [3.63, 3.8) is 0 Å². The molecule has 2 rings (SSSR count). The van der Waals surface area contributed by atoms with E-state index in [0.29, 0.717) is 12.2 Å². The lowest BCUT2D eigenvalue weighted by Crippen LogP contribution is -2.36. The molecule has 26 heavy (non-hydrogen) atoms. The molecule has 0 aliphatic heterocycles. The van der Waals surface area contributed by atoms with Crippen LogP contribution in [0, 0.1) is 0 Å². The maximum atomic E-state index is 12.6. The number of rotatable bonds is 8. The molecule has 2 aromatic heterocycles. The van der Waals surface area contributed by atoms with Gasteiger partial charge < -0.3 is 4.90 Å². The van der Waals surface area contributed by atoms with Gasteiger partial charge in [0.2, 0.25) is 15.9 Å². The third kappa shape index (κ3) is 4.60. The van der Waals surface area contributed by atoms with Gasteiger partial charge in [0.1, 0.15) is 5.69 Å². The molecule has 0 bridgehead atoms. The van der Waals surface area contributed by atoms with E-state index in [-0.39, 0.29) is 29.8 Å². The van der Waals surface area contributed by atoms with E-state index in [9.17, 15) is 13.2 Å². The standard InChI is InChI=1S/C16H22ClN5O3S/c1-4-21(15(23)8-10-20(3)26(24,25)5-2)14-12-22(19-16(14)17)13-7-6-9-18-11-13/h6-7,9,11-12H,4-5,8,10H2,1-3H3. The summed E-state index contributed by atoms with van der Waals surface area (Å²) in [5.41, 5.74) is 1.20. The van der Waals surface area contributed by atoms with Crippen molar-refractivity contribution in [2.75, 3.05) is 30.8 Å². The number of amides is 1. The second-order valence-electron chi connectivity index (χ2n) is 5.57. The number of hydrogen-bond acceptors (Lipinski definition) is 5. The Morgan fingerprint density at radius 1 is 1.35 bits per heavy atom. The van der Waals surface area contributed by atoms with Crippen molar-refractivity contribution in [2.24, 2.45) is 0 Å². The number of anilines is 1. The van der Waals surface area contributed by atoms with Crippen LogP contribution < -0.4 is 4.90 Å². The summed E-state index contributed by atoms with van der Waals surface area (Å²) >= 11 is 6.22. The number of sulfonamides is 1. The Bertz CT molecular complexity index is 854. The largest absolute Gasteiger partial charge is 0.308 e. The van der Waals surface area contributed by atoms with Crippen molar-refractivity contribution >= 4 is 33.2 Å². The van der Waals surface area contributed by atoms with E-state index in [1.165, 1.54) is 16.3 Å². The fraction of sp³-hybridized carbons (Fsp3) is 0.438. The molecule has 0 unspecified atom stereocenters. The molecule has 0 spiro atoms. The van der Waals surface area contributed by atoms with Gasteiger partial charge in [-0.2, -0.15) is 5.10 Å². The quantitative estimate of drug-likeness (QED) is 0.676. The van der Waals surface area contributed by atoms with Gasteiger partial charge in [-0.1, -0.05) is 11.6 Å². The maximum absolute atomic E-state index is 12.6. The van der Waals surface area contributed by atoms with E-state index in [0.717, 1.165) is 5.69 Å². The molecule has 2 heterocycles. The molecule has 8 nitrogen and oxygen atoms in total. The van der Waals surface area contributed by atoms with Gasteiger partial charge in [-0.3, -0.25) is 9.78 Å². The summed E-state index contributed by atoms with van der Waals surface area (Å²) in [6.45, 7) is 3.89. The van der Waals surface area contributed by atoms with Crippen molar-refractivity contribution in [2.45, 2.75) is 20.3 Å². The zero-order chi connectivity index (χ0) is 19.3. The van der Waals surface area contributed by atoms with Gasteiger partial charge in [-0.25, -0.2) is 17.4 Å². The van der Waals surface area contributed by atoms with Gasteiger partial charge in [-0.05, 0) is 26.0 Å². The Morgan fingerprint density at radius 2 is 2.08 bits per heavy atom. The van der Waals surface area contributed by atoms with Gasteiger partial charge in [0.15, 0.2) is 5.15 Å². The first kappa shape index (κ1) is 20.3. The molecule has 0 atom stereocenters. The average Bonchev–Trinajstić information content (AvgIpc) is 3.02. The highest BCUT2D eigenvalue weighted by Crippen LogP contribution is 2.26. The Morgan fingerprint density at radius 3 is 2.65 bits per heavy atom. The monoisotopic (exact) mass is 399 g/mol.